The van der Waals surface area contributed by atoms with E-state index < -0.39 is 40.7 Å². The van der Waals surface area contributed by atoms with Crippen molar-refractivity contribution >= 4 is 46.6 Å². The monoisotopic (exact) mass is 499 g/mol. The Labute approximate surface area is 201 Å². The third kappa shape index (κ3) is 3.64. The van der Waals surface area contributed by atoms with Crippen LogP contribution in [0.1, 0.15) is 23.3 Å². The van der Waals surface area contributed by atoms with E-state index in [1.807, 2.05) is 0 Å². The SMILES string of the molecule is CCOC(=O)Cn1c2c(sc1=O)[C@@H](c1cccnc1)[C@@H]1C(=O)N(c3ccc(F)cc3)C(=O)[C@@H]1S2. The predicted octanol–water partition coefficient (Wildman–Crippen LogP) is 2.80. The Kier molecular flexibility index (Phi) is 5.82. The fraction of sp³-hybridized carbons (Fsp3) is 0.261. The largest absolute Gasteiger partial charge is 0.465 e. The van der Waals surface area contributed by atoms with Crippen LogP contribution < -0.4 is 9.77 Å². The van der Waals surface area contributed by atoms with Crippen LogP contribution in [0.25, 0.3) is 0 Å². The fourth-order valence-electron chi connectivity index (χ4n) is 4.35. The van der Waals surface area contributed by atoms with Crippen molar-refractivity contribution in [3.63, 3.8) is 0 Å². The van der Waals surface area contributed by atoms with Gasteiger partial charge in [-0.3, -0.25) is 28.7 Å². The summed E-state index contributed by atoms with van der Waals surface area (Å²) in [7, 11) is 0. The van der Waals surface area contributed by atoms with Gasteiger partial charge in [0.05, 0.1) is 23.2 Å². The molecule has 0 saturated carbocycles. The first-order chi connectivity index (χ1) is 16.4. The van der Waals surface area contributed by atoms with Crippen molar-refractivity contribution in [1.29, 1.82) is 0 Å². The third-order valence-corrected chi connectivity index (χ3v) is 8.37. The number of nitrogens with zero attached hydrogens (tertiary/aromatic N) is 3. The van der Waals surface area contributed by atoms with Gasteiger partial charge in [0.25, 0.3) is 0 Å². The number of imide groups is 1. The molecule has 2 aliphatic heterocycles. The van der Waals surface area contributed by atoms with Crippen LogP contribution >= 0.6 is 23.1 Å². The Bertz CT molecular complexity index is 1340. The zero-order valence-corrected chi connectivity index (χ0v) is 19.5. The number of carbonyl (C=O) groups is 3. The number of hydrogen-bond donors (Lipinski definition) is 0. The molecule has 1 saturated heterocycles. The number of carbonyl (C=O) groups excluding carboxylic acids is 3. The average Bonchev–Trinajstić information content (AvgIpc) is 3.27. The van der Waals surface area contributed by atoms with Crippen LogP contribution in [0.15, 0.2) is 58.6 Å². The number of anilines is 1. The first-order valence-electron chi connectivity index (χ1n) is 10.5. The van der Waals surface area contributed by atoms with Gasteiger partial charge in [0.1, 0.15) is 17.6 Å². The van der Waals surface area contributed by atoms with Gasteiger partial charge in [-0.1, -0.05) is 29.2 Å². The Balaban J connectivity index is 1.63. The normalized spacial score (nSPS) is 21.4. The van der Waals surface area contributed by atoms with Gasteiger partial charge in [-0.2, -0.15) is 0 Å². The highest BCUT2D eigenvalue weighted by atomic mass is 32.2. The highest BCUT2D eigenvalue weighted by Crippen LogP contribution is 2.53. The van der Waals surface area contributed by atoms with E-state index >= 15 is 0 Å². The van der Waals surface area contributed by atoms with E-state index in [2.05, 4.69) is 4.98 Å². The molecule has 34 heavy (non-hydrogen) atoms. The van der Waals surface area contributed by atoms with Crippen LogP contribution in [0.3, 0.4) is 0 Å². The van der Waals surface area contributed by atoms with Crippen LogP contribution in [-0.4, -0.2) is 39.2 Å². The average molecular weight is 500 g/mol. The summed E-state index contributed by atoms with van der Waals surface area (Å²) in [5, 5.41) is -0.349. The highest BCUT2D eigenvalue weighted by Gasteiger charge is 2.56. The molecular weight excluding hydrogens is 481 g/mol. The number of halogens is 1. The number of pyridine rings is 1. The maximum Gasteiger partial charge on any atom is 0.326 e. The van der Waals surface area contributed by atoms with Gasteiger partial charge in [-0.05, 0) is 42.8 Å². The van der Waals surface area contributed by atoms with Crippen molar-refractivity contribution in [2.75, 3.05) is 11.5 Å². The number of aromatic nitrogens is 2. The summed E-state index contributed by atoms with van der Waals surface area (Å²) in [4.78, 5) is 57.6. The molecule has 1 aromatic carbocycles. The van der Waals surface area contributed by atoms with E-state index in [-0.39, 0.29) is 23.7 Å². The van der Waals surface area contributed by atoms with Gasteiger partial charge in [0, 0.05) is 23.2 Å². The summed E-state index contributed by atoms with van der Waals surface area (Å²) in [6.07, 6.45) is 3.21. The lowest BCUT2D eigenvalue weighted by Crippen LogP contribution is -2.32. The highest BCUT2D eigenvalue weighted by molar-refractivity contribution is 8.00. The van der Waals surface area contributed by atoms with Crippen LogP contribution in [-0.2, 0) is 25.7 Å². The van der Waals surface area contributed by atoms with Crippen molar-refractivity contribution < 1.29 is 23.5 Å². The van der Waals surface area contributed by atoms with Gasteiger partial charge in [0.2, 0.25) is 11.8 Å². The number of hydrogen-bond acceptors (Lipinski definition) is 8. The second kappa shape index (κ2) is 8.80. The number of amides is 2. The molecule has 3 atom stereocenters. The van der Waals surface area contributed by atoms with Crippen LogP contribution in [0.2, 0.25) is 0 Å². The van der Waals surface area contributed by atoms with Crippen molar-refractivity contribution in [1.82, 2.24) is 9.55 Å². The molecule has 2 aliphatic rings. The lowest BCUT2D eigenvalue weighted by Gasteiger charge is -2.30. The summed E-state index contributed by atoms with van der Waals surface area (Å²) in [6.45, 7) is 1.57. The molecule has 3 aromatic rings. The maximum absolute atomic E-state index is 13.6. The molecule has 8 nitrogen and oxygen atoms in total. The second-order valence-corrected chi connectivity index (χ2v) is 9.87. The van der Waals surface area contributed by atoms with E-state index in [4.69, 9.17) is 4.74 Å². The lowest BCUT2D eigenvalue weighted by atomic mass is 9.84. The standard InChI is InChI=1S/C23H18FN3O5S2/c1-2-32-15(28)11-26-22-19(34-23(26)31)16(12-4-3-9-25-10-12)17-18(33-22)21(30)27(20(17)29)14-7-5-13(24)6-8-14/h3-10,16-18H,2,11H2,1H3/t16-,17-,18+/m0/s1. The van der Waals surface area contributed by atoms with Gasteiger partial charge >= 0.3 is 10.8 Å². The van der Waals surface area contributed by atoms with Gasteiger partial charge < -0.3 is 4.74 Å². The molecule has 4 heterocycles. The summed E-state index contributed by atoms with van der Waals surface area (Å²) in [6, 6.07) is 8.68. The molecule has 2 aromatic heterocycles. The minimum absolute atomic E-state index is 0.176. The Hall–Kier alpha value is -3.31. The van der Waals surface area contributed by atoms with E-state index in [0.29, 0.717) is 15.5 Å². The zero-order valence-electron chi connectivity index (χ0n) is 17.8. The number of fused-ring (bicyclic) bond motifs is 2. The lowest BCUT2D eigenvalue weighted by molar-refractivity contribution is -0.144. The topological polar surface area (TPSA) is 98.6 Å². The van der Waals surface area contributed by atoms with Crippen molar-refractivity contribution in [2.45, 2.75) is 29.7 Å². The molecule has 5 rings (SSSR count). The summed E-state index contributed by atoms with van der Waals surface area (Å²) >= 11 is 2.06. The van der Waals surface area contributed by atoms with Crippen molar-refractivity contribution in [3.05, 3.63) is 74.7 Å². The molecule has 0 radical (unpaired) electrons. The Morgan fingerprint density at radius 1 is 1.15 bits per heavy atom. The molecule has 0 aliphatic carbocycles. The summed E-state index contributed by atoms with van der Waals surface area (Å²) in [5.74, 6) is -3.30. The third-order valence-electron chi connectivity index (χ3n) is 5.77. The molecule has 1 fully saturated rings. The molecule has 0 spiro atoms. The smallest absolute Gasteiger partial charge is 0.326 e. The maximum atomic E-state index is 13.6. The summed E-state index contributed by atoms with van der Waals surface area (Å²) < 4.78 is 19.8. The summed E-state index contributed by atoms with van der Waals surface area (Å²) in [5.41, 5.74) is 0.967. The van der Waals surface area contributed by atoms with E-state index in [1.54, 1.807) is 31.5 Å². The molecule has 11 heteroatoms. The first-order valence-corrected chi connectivity index (χ1v) is 12.2. The van der Waals surface area contributed by atoms with E-state index in [0.717, 1.165) is 28.0 Å². The number of thiazole rings is 1. The zero-order chi connectivity index (χ0) is 24.0. The molecule has 0 unspecified atom stereocenters. The number of rotatable bonds is 5. The van der Waals surface area contributed by atoms with Gasteiger partial charge in [-0.25, -0.2) is 9.29 Å². The quantitative estimate of drug-likeness (QED) is 0.393. The number of benzene rings is 1. The number of esters is 1. The number of ether oxygens (including phenoxy) is 1. The van der Waals surface area contributed by atoms with Crippen molar-refractivity contribution in [3.8, 4) is 0 Å². The van der Waals surface area contributed by atoms with E-state index in [9.17, 15) is 23.6 Å². The number of thioether (sulfide) groups is 1. The predicted molar refractivity (Wildman–Crippen MR) is 123 cm³/mol. The Morgan fingerprint density at radius 2 is 1.91 bits per heavy atom. The molecule has 174 valence electrons. The Morgan fingerprint density at radius 3 is 2.59 bits per heavy atom. The molecular formula is C23H18FN3O5S2. The van der Waals surface area contributed by atoms with Crippen LogP contribution in [0.4, 0.5) is 10.1 Å². The minimum Gasteiger partial charge on any atom is -0.465 e. The van der Waals surface area contributed by atoms with Gasteiger partial charge in [-0.15, -0.1) is 0 Å². The van der Waals surface area contributed by atoms with Gasteiger partial charge in [0.15, 0.2) is 0 Å². The van der Waals surface area contributed by atoms with Crippen LogP contribution in [0.5, 0.6) is 0 Å². The van der Waals surface area contributed by atoms with Crippen molar-refractivity contribution in [2.24, 2.45) is 5.92 Å². The van der Waals surface area contributed by atoms with Crippen LogP contribution in [0, 0.1) is 11.7 Å². The molecule has 0 bridgehead atoms. The molecule has 0 N–H and O–H groups in total. The molecule has 2 amide bonds. The van der Waals surface area contributed by atoms with E-state index in [1.165, 1.54) is 28.8 Å². The first kappa shape index (κ1) is 22.5. The second-order valence-electron chi connectivity index (χ2n) is 7.75. The minimum atomic E-state index is -0.822. The fourth-order valence-corrected chi connectivity index (χ4v) is 7.13.